The molecular formula is C27H33N5O4. The lowest BCUT2D eigenvalue weighted by Gasteiger charge is -2.46. The van der Waals surface area contributed by atoms with Crippen molar-refractivity contribution in [2.24, 2.45) is 5.92 Å². The second-order valence-electron chi connectivity index (χ2n) is 10.1. The summed E-state index contributed by atoms with van der Waals surface area (Å²) in [6, 6.07) is 8.08. The molecule has 0 spiro atoms. The third kappa shape index (κ3) is 3.96. The zero-order valence-corrected chi connectivity index (χ0v) is 20.6. The lowest BCUT2D eigenvalue weighted by atomic mass is 9.81. The molecule has 0 bridgehead atoms. The summed E-state index contributed by atoms with van der Waals surface area (Å²) in [7, 11) is 0. The van der Waals surface area contributed by atoms with Crippen molar-refractivity contribution in [2.45, 2.75) is 38.3 Å². The van der Waals surface area contributed by atoms with Crippen LogP contribution in [0.25, 0.3) is 0 Å². The molecule has 1 aromatic carbocycles. The second kappa shape index (κ2) is 9.29. The molecule has 1 aliphatic carbocycles. The molecule has 0 radical (unpaired) electrons. The number of rotatable bonds is 4. The van der Waals surface area contributed by atoms with E-state index in [0.717, 1.165) is 55.3 Å². The van der Waals surface area contributed by atoms with Gasteiger partial charge in [0.2, 0.25) is 5.91 Å². The summed E-state index contributed by atoms with van der Waals surface area (Å²) in [5.74, 6) is 1.03. The van der Waals surface area contributed by atoms with E-state index in [4.69, 9.17) is 4.74 Å². The van der Waals surface area contributed by atoms with Crippen LogP contribution in [-0.2, 0) is 9.59 Å². The van der Waals surface area contributed by atoms with Crippen molar-refractivity contribution in [3.05, 3.63) is 59.3 Å². The topological polar surface area (TPSA) is 97.4 Å². The van der Waals surface area contributed by atoms with E-state index in [-0.39, 0.29) is 23.8 Å². The maximum absolute atomic E-state index is 13.2. The van der Waals surface area contributed by atoms with Gasteiger partial charge in [0, 0.05) is 57.8 Å². The van der Waals surface area contributed by atoms with Gasteiger partial charge in [-0.2, -0.15) is 0 Å². The first-order chi connectivity index (χ1) is 17.5. The lowest BCUT2D eigenvalue weighted by Crippen LogP contribution is -2.50. The van der Waals surface area contributed by atoms with Crippen molar-refractivity contribution < 1.29 is 19.4 Å². The van der Waals surface area contributed by atoms with Crippen LogP contribution in [0.3, 0.4) is 0 Å². The zero-order chi connectivity index (χ0) is 24.8. The third-order valence-electron chi connectivity index (χ3n) is 7.95. The first-order valence-corrected chi connectivity index (χ1v) is 12.9. The van der Waals surface area contributed by atoms with Crippen molar-refractivity contribution in [2.75, 3.05) is 44.2 Å². The average Bonchev–Trinajstić information content (AvgIpc) is 3.42. The van der Waals surface area contributed by atoms with Crippen molar-refractivity contribution in [1.82, 2.24) is 20.4 Å². The van der Waals surface area contributed by atoms with Crippen LogP contribution < -0.4 is 20.3 Å². The SMILES string of the molecule is CC(=O)N1CCN(C2=CCC3C4=C2Oc2ccccc2N4C=C(C(=O)NCC2CCCN2)C3O)CC1. The van der Waals surface area contributed by atoms with E-state index in [0.29, 0.717) is 37.4 Å². The Kier molecular flexibility index (Phi) is 5.97. The van der Waals surface area contributed by atoms with E-state index in [1.807, 2.05) is 34.1 Å². The number of fused-ring (bicyclic) bond motifs is 2. The summed E-state index contributed by atoms with van der Waals surface area (Å²) in [5, 5.41) is 17.8. The minimum absolute atomic E-state index is 0.0958. The highest BCUT2D eigenvalue weighted by Crippen LogP contribution is 2.49. The highest BCUT2D eigenvalue weighted by molar-refractivity contribution is 5.96. The van der Waals surface area contributed by atoms with Gasteiger partial charge in [0.1, 0.15) is 0 Å². The predicted octanol–water partition coefficient (Wildman–Crippen LogP) is 1.29. The summed E-state index contributed by atoms with van der Waals surface area (Å²) in [4.78, 5) is 31.2. The van der Waals surface area contributed by atoms with E-state index < -0.39 is 6.10 Å². The van der Waals surface area contributed by atoms with E-state index in [1.165, 1.54) is 0 Å². The molecule has 2 fully saturated rings. The Hall–Kier alpha value is -3.30. The maximum atomic E-state index is 13.2. The van der Waals surface area contributed by atoms with Crippen LogP contribution in [0.2, 0.25) is 0 Å². The molecule has 4 aliphatic heterocycles. The number of ether oxygens (including phenoxy) is 1. The molecule has 3 N–H and O–H groups in total. The molecule has 0 saturated carbocycles. The van der Waals surface area contributed by atoms with Gasteiger partial charge in [0.15, 0.2) is 11.5 Å². The number of nitrogens with one attached hydrogen (secondary N) is 2. The molecule has 36 heavy (non-hydrogen) atoms. The number of aliphatic hydroxyl groups excluding tert-OH is 1. The molecule has 190 valence electrons. The van der Waals surface area contributed by atoms with E-state index in [2.05, 4.69) is 21.6 Å². The van der Waals surface area contributed by atoms with Gasteiger partial charge in [-0.1, -0.05) is 18.2 Å². The number of aliphatic hydroxyl groups is 1. The van der Waals surface area contributed by atoms with Gasteiger partial charge in [-0.05, 0) is 37.9 Å². The molecule has 0 aromatic heterocycles. The summed E-state index contributed by atoms with van der Waals surface area (Å²) >= 11 is 0. The van der Waals surface area contributed by atoms with Crippen LogP contribution in [0, 0.1) is 5.92 Å². The van der Waals surface area contributed by atoms with Crippen LogP contribution in [0.4, 0.5) is 5.69 Å². The van der Waals surface area contributed by atoms with Gasteiger partial charge >= 0.3 is 0 Å². The van der Waals surface area contributed by atoms with Crippen molar-refractivity contribution in [3.63, 3.8) is 0 Å². The quantitative estimate of drug-likeness (QED) is 0.584. The van der Waals surface area contributed by atoms with Crippen molar-refractivity contribution in [3.8, 4) is 5.75 Å². The molecule has 4 heterocycles. The monoisotopic (exact) mass is 491 g/mol. The van der Waals surface area contributed by atoms with Gasteiger partial charge in [0.05, 0.1) is 28.8 Å². The van der Waals surface area contributed by atoms with E-state index in [9.17, 15) is 14.7 Å². The molecule has 5 aliphatic rings. The number of allylic oxidation sites excluding steroid dienone is 1. The summed E-state index contributed by atoms with van der Waals surface area (Å²) in [6.45, 7) is 5.92. The Labute approximate surface area is 211 Å². The fourth-order valence-corrected chi connectivity index (χ4v) is 5.94. The second-order valence-corrected chi connectivity index (χ2v) is 10.1. The van der Waals surface area contributed by atoms with Gasteiger partial charge in [-0.15, -0.1) is 0 Å². The fraction of sp³-hybridized carbons (Fsp3) is 0.481. The van der Waals surface area contributed by atoms with E-state index in [1.54, 1.807) is 13.1 Å². The van der Waals surface area contributed by atoms with E-state index >= 15 is 0 Å². The number of amides is 2. The number of piperazine rings is 1. The van der Waals surface area contributed by atoms with Gasteiger partial charge in [0.25, 0.3) is 5.91 Å². The van der Waals surface area contributed by atoms with Gasteiger partial charge in [-0.3, -0.25) is 9.59 Å². The molecule has 2 saturated heterocycles. The fourth-order valence-electron chi connectivity index (χ4n) is 5.94. The Morgan fingerprint density at radius 3 is 2.75 bits per heavy atom. The van der Waals surface area contributed by atoms with Crippen LogP contribution in [0.5, 0.6) is 5.75 Å². The number of carbonyl (C=O) groups is 2. The van der Waals surface area contributed by atoms with Crippen molar-refractivity contribution in [1.29, 1.82) is 0 Å². The van der Waals surface area contributed by atoms with Crippen LogP contribution >= 0.6 is 0 Å². The van der Waals surface area contributed by atoms with Crippen LogP contribution in [0.1, 0.15) is 26.2 Å². The molecule has 1 aromatic rings. The molecule has 9 heteroatoms. The third-order valence-corrected chi connectivity index (χ3v) is 7.95. The maximum Gasteiger partial charge on any atom is 0.251 e. The molecule has 2 amide bonds. The number of hydrogen-bond acceptors (Lipinski definition) is 7. The number of nitrogens with zero attached hydrogens (tertiary/aromatic N) is 3. The molecule has 3 unspecified atom stereocenters. The minimum atomic E-state index is -0.927. The highest BCUT2D eigenvalue weighted by Gasteiger charge is 2.45. The normalized spacial score (nSPS) is 27.1. The smallest absolute Gasteiger partial charge is 0.251 e. The largest absolute Gasteiger partial charge is 0.451 e. The summed E-state index contributed by atoms with van der Waals surface area (Å²) in [5.41, 5.74) is 3.12. The standard InChI is InChI=1S/C27H33N5O4/c1-17(33)30-11-13-31(14-12-30)22-9-8-19-24-26(22)36-23-7-3-2-6-21(23)32(24)16-20(25(19)34)27(35)29-15-18-5-4-10-28-18/h2-3,6-7,9,16,18-19,25,28,34H,4-5,8,10-15H2,1H3,(H,29,35). The molecule has 6 rings (SSSR count). The first kappa shape index (κ1) is 23.1. The van der Waals surface area contributed by atoms with Gasteiger partial charge < -0.3 is 35.2 Å². The Morgan fingerprint density at radius 1 is 1.19 bits per heavy atom. The Bertz CT molecular complexity index is 1160. The molecular weight excluding hydrogens is 458 g/mol. The van der Waals surface area contributed by atoms with Crippen LogP contribution in [-0.4, -0.2) is 78.1 Å². The minimum Gasteiger partial charge on any atom is -0.451 e. The van der Waals surface area contributed by atoms with Crippen molar-refractivity contribution >= 4 is 17.5 Å². The first-order valence-electron chi connectivity index (χ1n) is 12.9. The summed E-state index contributed by atoms with van der Waals surface area (Å²) in [6.07, 6.45) is 5.74. The predicted molar refractivity (Wildman–Crippen MR) is 135 cm³/mol. The van der Waals surface area contributed by atoms with Gasteiger partial charge in [-0.25, -0.2) is 0 Å². The number of benzene rings is 1. The number of para-hydroxylation sites is 2. The Morgan fingerprint density at radius 2 is 2.00 bits per heavy atom. The number of hydrogen-bond donors (Lipinski definition) is 3. The van der Waals surface area contributed by atoms with Crippen LogP contribution in [0.15, 0.2) is 59.3 Å². The lowest BCUT2D eigenvalue weighted by molar-refractivity contribution is -0.130. The molecule has 9 nitrogen and oxygen atoms in total. The summed E-state index contributed by atoms with van der Waals surface area (Å²) < 4.78 is 6.47. The highest BCUT2D eigenvalue weighted by atomic mass is 16.5. The number of anilines is 1. The Balaban J connectivity index is 1.32. The zero-order valence-electron chi connectivity index (χ0n) is 20.6. The molecule has 3 atom stereocenters. The average molecular weight is 492 g/mol. The number of carbonyl (C=O) groups excluding carboxylic acids is 2.